The van der Waals surface area contributed by atoms with Gasteiger partial charge in [-0.15, -0.1) is 10.2 Å². The molecule has 0 spiro atoms. The average Bonchev–Trinajstić information content (AvgIpc) is 3.15. The summed E-state index contributed by atoms with van der Waals surface area (Å²) >= 11 is 1.30. The van der Waals surface area contributed by atoms with Gasteiger partial charge in [0.05, 0.1) is 17.6 Å². The van der Waals surface area contributed by atoms with Gasteiger partial charge in [0.25, 0.3) is 0 Å². The van der Waals surface area contributed by atoms with Crippen molar-refractivity contribution in [2.24, 2.45) is 0 Å². The fourth-order valence-electron chi connectivity index (χ4n) is 2.07. The zero-order valence-corrected chi connectivity index (χ0v) is 12.8. The number of furan rings is 1. The van der Waals surface area contributed by atoms with Crippen molar-refractivity contribution in [1.82, 2.24) is 19.8 Å². The Hall–Kier alpha value is -1.96. The number of hydrogen-bond donors (Lipinski definition) is 1. The molecule has 7 nitrogen and oxygen atoms in total. The van der Waals surface area contributed by atoms with E-state index < -0.39 is 0 Å². The van der Waals surface area contributed by atoms with E-state index in [-0.39, 0.29) is 5.91 Å². The molecule has 1 aliphatic carbocycles. The summed E-state index contributed by atoms with van der Waals surface area (Å²) in [4.78, 5) is 13.8. The van der Waals surface area contributed by atoms with Crippen molar-refractivity contribution < 1.29 is 9.21 Å². The Morgan fingerprint density at radius 1 is 1.57 bits per heavy atom. The molecule has 1 amide bonds. The summed E-state index contributed by atoms with van der Waals surface area (Å²) in [6.45, 7) is 1.84. The van der Waals surface area contributed by atoms with E-state index >= 15 is 0 Å². The Kier molecular flexibility index (Phi) is 3.62. The number of thioether (sulfide) groups is 1. The van der Waals surface area contributed by atoms with E-state index in [1.807, 2.05) is 14.0 Å². The highest BCUT2D eigenvalue weighted by atomic mass is 32.2. The van der Waals surface area contributed by atoms with Crippen LogP contribution in [0.25, 0.3) is 11.4 Å². The minimum absolute atomic E-state index is 0.0894. The molecule has 0 radical (unpaired) electrons. The molecule has 0 atom stereocenters. The van der Waals surface area contributed by atoms with E-state index in [0.717, 1.165) is 24.2 Å². The minimum atomic E-state index is 0.0894. The quantitative estimate of drug-likeness (QED) is 0.661. The second-order valence-electron chi connectivity index (χ2n) is 5.09. The van der Waals surface area contributed by atoms with Crippen LogP contribution in [0.5, 0.6) is 0 Å². The van der Waals surface area contributed by atoms with E-state index in [1.165, 1.54) is 16.4 Å². The lowest BCUT2D eigenvalue weighted by molar-refractivity contribution is -0.127. The monoisotopic (exact) mass is 307 g/mol. The number of nitrogen functional groups attached to an aromatic ring is 1. The lowest BCUT2D eigenvalue weighted by Gasteiger charge is -2.15. The van der Waals surface area contributed by atoms with Crippen LogP contribution in [0.15, 0.2) is 21.9 Å². The van der Waals surface area contributed by atoms with Crippen LogP contribution in [0, 0.1) is 6.92 Å². The Labute approximate surface area is 126 Å². The minimum Gasteiger partial charge on any atom is -0.469 e. The summed E-state index contributed by atoms with van der Waals surface area (Å²) in [5, 5.41) is 8.63. The number of rotatable bonds is 5. The number of nitrogens with two attached hydrogens (primary N) is 1. The third-order valence-corrected chi connectivity index (χ3v) is 4.50. The summed E-state index contributed by atoms with van der Waals surface area (Å²) in [6.07, 6.45) is 3.79. The molecule has 0 saturated heterocycles. The van der Waals surface area contributed by atoms with Gasteiger partial charge in [-0.1, -0.05) is 11.8 Å². The predicted octanol–water partition coefficient (Wildman–Crippen LogP) is 1.27. The topological polar surface area (TPSA) is 90.2 Å². The number of carbonyl (C=O) groups excluding carboxylic acids is 1. The Morgan fingerprint density at radius 2 is 2.33 bits per heavy atom. The molecule has 0 aromatic carbocycles. The molecule has 0 aliphatic heterocycles. The average molecular weight is 307 g/mol. The zero-order valence-electron chi connectivity index (χ0n) is 11.9. The van der Waals surface area contributed by atoms with Crippen LogP contribution in [-0.2, 0) is 4.79 Å². The normalized spacial score (nSPS) is 14.4. The fourth-order valence-corrected chi connectivity index (χ4v) is 2.85. The van der Waals surface area contributed by atoms with Gasteiger partial charge in [-0.05, 0) is 25.8 Å². The molecule has 2 heterocycles. The number of aromatic nitrogens is 3. The number of hydrogen-bond acceptors (Lipinski definition) is 6. The van der Waals surface area contributed by atoms with Crippen molar-refractivity contribution in [1.29, 1.82) is 0 Å². The van der Waals surface area contributed by atoms with Crippen LogP contribution in [0.1, 0.15) is 18.6 Å². The molecule has 0 bridgehead atoms. The number of carbonyl (C=O) groups is 1. The Morgan fingerprint density at radius 3 is 2.95 bits per heavy atom. The van der Waals surface area contributed by atoms with Gasteiger partial charge in [-0.25, -0.2) is 4.68 Å². The van der Waals surface area contributed by atoms with Gasteiger partial charge in [0.2, 0.25) is 11.1 Å². The Bertz CT molecular complexity index is 661. The van der Waals surface area contributed by atoms with E-state index in [1.54, 1.807) is 17.2 Å². The van der Waals surface area contributed by atoms with Gasteiger partial charge in [0.1, 0.15) is 5.76 Å². The van der Waals surface area contributed by atoms with Crippen LogP contribution >= 0.6 is 11.8 Å². The van der Waals surface area contributed by atoms with Crippen molar-refractivity contribution in [2.75, 3.05) is 18.6 Å². The van der Waals surface area contributed by atoms with Crippen molar-refractivity contribution in [2.45, 2.75) is 31.0 Å². The lowest BCUT2D eigenvalue weighted by atomic mass is 10.2. The molecule has 112 valence electrons. The second-order valence-corrected chi connectivity index (χ2v) is 6.03. The van der Waals surface area contributed by atoms with E-state index in [2.05, 4.69) is 10.2 Å². The summed E-state index contributed by atoms with van der Waals surface area (Å²) in [5.74, 6) is 7.67. The van der Waals surface area contributed by atoms with E-state index in [0.29, 0.717) is 22.8 Å². The van der Waals surface area contributed by atoms with Gasteiger partial charge < -0.3 is 15.2 Å². The zero-order chi connectivity index (χ0) is 15.0. The summed E-state index contributed by atoms with van der Waals surface area (Å²) in [5.41, 5.74) is 0.804. The largest absolute Gasteiger partial charge is 0.469 e. The number of aryl methyl sites for hydroxylation is 1. The van der Waals surface area contributed by atoms with Crippen LogP contribution in [0.2, 0.25) is 0 Å². The smallest absolute Gasteiger partial charge is 0.233 e. The molecular formula is C13H17N5O2S. The van der Waals surface area contributed by atoms with Crippen molar-refractivity contribution in [3.05, 3.63) is 18.1 Å². The van der Waals surface area contributed by atoms with Crippen molar-refractivity contribution in [3.8, 4) is 11.4 Å². The first-order chi connectivity index (χ1) is 10.1. The highest BCUT2D eigenvalue weighted by Crippen LogP contribution is 2.27. The first-order valence-corrected chi connectivity index (χ1v) is 7.70. The number of amides is 1. The van der Waals surface area contributed by atoms with E-state index in [4.69, 9.17) is 10.3 Å². The van der Waals surface area contributed by atoms with Gasteiger partial charge >= 0.3 is 0 Å². The SMILES string of the molecule is Cc1occc1-c1nnc(SCC(=O)N(C)C2CC2)n1N. The van der Waals surface area contributed by atoms with Crippen LogP contribution < -0.4 is 5.84 Å². The maximum atomic E-state index is 12.0. The molecular weight excluding hydrogens is 290 g/mol. The molecule has 8 heteroatoms. The highest BCUT2D eigenvalue weighted by Gasteiger charge is 2.29. The maximum Gasteiger partial charge on any atom is 0.233 e. The third-order valence-electron chi connectivity index (χ3n) is 3.58. The predicted molar refractivity (Wildman–Crippen MR) is 79.1 cm³/mol. The van der Waals surface area contributed by atoms with Gasteiger partial charge in [0.15, 0.2) is 5.82 Å². The van der Waals surface area contributed by atoms with Crippen LogP contribution in [-0.4, -0.2) is 44.5 Å². The summed E-state index contributed by atoms with van der Waals surface area (Å²) in [6, 6.07) is 2.21. The van der Waals surface area contributed by atoms with Gasteiger partial charge in [-0.2, -0.15) is 0 Å². The molecule has 2 aromatic rings. The molecule has 1 saturated carbocycles. The summed E-state index contributed by atoms with van der Waals surface area (Å²) < 4.78 is 6.64. The van der Waals surface area contributed by atoms with Gasteiger partial charge in [0, 0.05) is 13.1 Å². The van der Waals surface area contributed by atoms with E-state index in [9.17, 15) is 4.79 Å². The first-order valence-electron chi connectivity index (χ1n) is 6.71. The molecule has 1 fully saturated rings. The molecule has 2 aromatic heterocycles. The van der Waals surface area contributed by atoms with Crippen molar-refractivity contribution in [3.63, 3.8) is 0 Å². The third kappa shape index (κ3) is 2.76. The van der Waals surface area contributed by atoms with Crippen LogP contribution in [0.4, 0.5) is 0 Å². The number of nitrogens with zero attached hydrogens (tertiary/aromatic N) is 4. The fraction of sp³-hybridized carbons (Fsp3) is 0.462. The van der Waals surface area contributed by atoms with Crippen molar-refractivity contribution >= 4 is 17.7 Å². The standard InChI is InChI=1S/C13H17N5O2S/c1-8-10(5-6-20-8)12-15-16-13(18(12)14)21-7-11(19)17(2)9-3-4-9/h5-6,9H,3-4,7,14H2,1-2H3. The maximum absolute atomic E-state index is 12.0. The first kappa shape index (κ1) is 14.0. The summed E-state index contributed by atoms with van der Waals surface area (Å²) in [7, 11) is 1.84. The Balaban J connectivity index is 1.68. The van der Waals surface area contributed by atoms with Crippen LogP contribution in [0.3, 0.4) is 0 Å². The van der Waals surface area contributed by atoms with Gasteiger partial charge in [-0.3, -0.25) is 4.79 Å². The molecule has 2 N–H and O–H groups in total. The molecule has 1 aliphatic rings. The highest BCUT2D eigenvalue weighted by molar-refractivity contribution is 7.99. The molecule has 21 heavy (non-hydrogen) atoms. The molecule has 3 rings (SSSR count). The lowest BCUT2D eigenvalue weighted by Crippen LogP contribution is -2.30. The second kappa shape index (κ2) is 5.44. The molecule has 0 unspecified atom stereocenters.